The number of para-hydroxylation sites is 1. The van der Waals surface area contributed by atoms with Crippen LogP contribution in [-0.4, -0.2) is 55.6 Å². The number of allylic oxidation sites excluding steroid dienone is 1. The Morgan fingerprint density at radius 3 is 1.57 bits per heavy atom. The minimum Gasteiger partial charge on any atom is -0.372 e. The van der Waals surface area contributed by atoms with E-state index in [2.05, 4.69) is 203 Å². The summed E-state index contributed by atoms with van der Waals surface area (Å²) in [4.78, 5) is 6.91. The number of unbranched alkanes of at least 4 members (excludes halogenated alkanes) is 13. The van der Waals surface area contributed by atoms with Gasteiger partial charge in [0.15, 0.2) is 5.71 Å². The van der Waals surface area contributed by atoms with E-state index in [0.29, 0.717) is 6.04 Å². The maximum atomic E-state index is 2.66. The fourth-order valence-corrected chi connectivity index (χ4v) is 12.2. The van der Waals surface area contributed by atoms with Gasteiger partial charge < -0.3 is 9.80 Å². The lowest BCUT2D eigenvalue weighted by Gasteiger charge is -2.28. The van der Waals surface area contributed by atoms with Crippen molar-refractivity contribution in [2.24, 2.45) is 0 Å². The minimum absolute atomic E-state index is 0.0286. The summed E-state index contributed by atoms with van der Waals surface area (Å²) in [6.45, 7) is 25.8. The van der Waals surface area contributed by atoms with Gasteiger partial charge in [-0.05, 0) is 118 Å². The molecular formula is C68H96N4+2. The molecule has 0 fully saturated rings. The van der Waals surface area contributed by atoms with Crippen molar-refractivity contribution >= 4 is 51.4 Å². The average Bonchev–Trinajstić information content (AvgIpc) is 3.75. The van der Waals surface area contributed by atoms with E-state index in [1.165, 1.54) is 164 Å². The molecule has 7 rings (SSSR count). The molecule has 0 saturated heterocycles. The number of quaternary nitrogens is 1. The van der Waals surface area contributed by atoms with E-state index < -0.39 is 0 Å². The predicted octanol–water partition coefficient (Wildman–Crippen LogP) is 17.2. The maximum absolute atomic E-state index is 2.66. The highest BCUT2D eigenvalue weighted by molar-refractivity contribution is 6.05. The van der Waals surface area contributed by atoms with Gasteiger partial charge in [0.2, 0.25) is 5.69 Å². The summed E-state index contributed by atoms with van der Waals surface area (Å²) in [5.41, 5.74) is 12.4. The van der Waals surface area contributed by atoms with Gasteiger partial charge in [-0.1, -0.05) is 178 Å². The number of nitrogens with zero attached hydrogens (tertiary/aromatic N) is 3. The van der Waals surface area contributed by atoms with Crippen molar-refractivity contribution < 1.29 is 9.48 Å². The predicted molar refractivity (Wildman–Crippen MR) is 317 cm³/mol. The number of hydrogen-bond acceptors (Lipinski definition) is 2. The van der Waals surface area contributed by atoms with Crippen LogP contribution >= 0.6 is 0 Å². The molecule has 2 heterocycles. The maximum Gasteiger partial charge on any atom is 0.209 e. The number of fused-ring (bicyclic) bond motifs is 4. The molecule has 0 spiro atoms. The number of anilines is 2. The van der Waals surface area contributed by atoms with Crippen molar-refractivity contribution in [3.63, 3.8) is 0 Å². The van der Waals surface area contributed by atoms with Crippen LogP contribution in [0.4, 0.5) is 22.7 Å². The van der Waals surface area contributed by atoms with E-state index in [-0.39, 0.29) is 10.8 Å². The number of hydrogen-bond donors (Lipinski definition) is 1. The highest BCUT2D eigenvalue weighted by atomic mass is 15.2. The molecule has 0 saturated carbocycles. The van der Waals surface area contributed by atoms with Crippen LogP contribution in [0.3, 0.4) is 0 Å². The van der Waals surface area contributed by atoms with E-state index >= 15 is 0 Å². The third-order valence-corrected chi connectivity index (χ3v) is 16.5. The van der Waals surface area contributed by atoms with Gasteiger partial charge in [0.05, 0.1) is 17.4 Å². The van der Waals surface area contributed by atoms with Crippen molar-refractivity contribution in [3.05, 3.63) is 144 Å². The molecule has 1 N–H and O–H groups in total. The van der Waals surface area contributed by atoms with Crippen molar-refractivity contribution in [2.75, 3.05) is 49.1 Å². The summed E-state index contributed by atoms with van der Waals surface area (Å²) in [6.07, 6.45) is 33.0. The fourth-order valence-electron chi connectivity index (χ4n) is 12.2. The van der Waals surface area contributed by atoms with E-state index in [1.54, 1.807) is 4.90 Å². The van der Waals surface area contributed by atoms with Crippen LogP contribution < -0.4 is 14.7 Å². The Labute approximate surface area is 439 Å². The van der Waals surface area contributed by atoms with E-state index in [1.807, 2.05) is 0 Å². The highest BCUT2D eigenvalue weighted by Crippen LogP contribution is 2.43. The lowest BCUT2D eigenvalue weighted by Crippen LogP contribution is -3.10. The number of nitrogens with one attached hydrogen (secondary N) is 1. The zero-order chi connectivity index (χ0) is 50.8. The molecule has 2 aliphatic heterocycles. The van der Waals surface area contributed by atoms with Crippen molar-refractivity contribution in [2.45, 2.75) is 188 Å². The summed E-state index contributed by atoms with van der Waals surface area (Å²) < 4.78 is 2.65. The van der Waals surface area contributed by atoms with E-state index in [0.717, 1.165) is 52.1 Å². The second-order valence-corrected chi connectivity index (χ2v) is 22.7. The second kappa shape index (κ2) is 27.4. The van der Waals surface area contributed by atoms with Gasteiger partial charge in [-0.25, -0.2) is 0 Å². The quantitative estimate of drug-likeness (QED) is 0.0351. The monoisotopic (exact) mass is 969 g/mol. The van der Waals surface area contributed by atoms with Gasteiger partial charge in [-0.15, -0.1) is 0 Å². The van der Waals surface area contributed by atoms with Gasteiger partial charge >= 0.3 is 0 Å². The Bertz CT molecular complexity index is 2480. The molecular weight excluding hydrogens is 873 g/mol. The van der Waals surface area contributed by atoms with Crippen LogP contribution in [0, 0.1) is 0 Å². The zero-order valence-corrected chi connectivity index (χ0v) is 46.6. The summed E-state index contributed by atoms with van der Waals surface area (Å²) in [6, 6.07) is 42.3. The Hall–Kier alpha value is -4.93. The van der Waals surface area contributed by atoms with Gasteiger partial charge in [0.1, 0.15) is 18.3 Å². The molecule has 72 heavy (non-hydrogen) atoms. The summed E-state index contributed by atoms with van der Waals surface area (Å²) in [5.74, 6) is 0. The summed E-state index contributed by atoms with van der Waals surface area (Å²) in [5, 5.41) is 2.76. The standard InChI is InChI=1S/C68H95N4/c1-9-13-17-25-49-69(50-26-18-14-10-2)58-42-35-55(36-43-58)39-47-64-67(5,6)61-33-23-24-34-62(61)71(64)53-29-30-54-72-63-46-41-57-31-21-22-32-60(57)66(63)68(7,8)65(72)48-40-56-37-44-59(45-38-56)70(51-27-19-15-11-3)52-28-20-16-12-4/h21-24,31-48,65H,9-20,25-30,49-54H2,1-8H3/q+1/p+1/b48-40+. The molecule has 0 bridgehead atoms. The van der Waals surface area contributed by atoms with Crippen LogP contribution in [0.5, 0.6) is 0 Å². The van der Waals surface area contributed by atoms with Gasteiger partial charge in [-0.2, -0.15) is 4.58 Å². The molecule has 0 aliphatic carbocycles. The largest absolute Gasteiger partial charge is 0.372 e. The first-order valence-corrected chi connectivity index (χ1v) is 29.3. The molecule has 0 amide bonds. The molecule has 0 radical (unpaired) electrons. The third-order valence-electron chi connectivity index (χ3n) is 16.5. The molecule has 386 valence electrons. The topological polar surface area (TPSA) is 13.9 Å². The van der Waals surface area contributed by atoms with Gasteiger partial charge in [-0.3, -0.25) is 4.90 Å². The normalized spacial score (nSPS) is 16.9. The molecule has 2 atom stereocenters. The van der Waals surface area contributed by atoms with Gasteiger partial charge in [0, 0.05) is 79.7 Å². The third kappa shape index (κ3) is 13.8. The van der Waals surface area contributed by atoms with E-state index in [4.69, 9.17) is 0 Å². The minimum atomic E-state index is -0.0827. The summed E-state index contributed by atoms with van der Waals surface area (Å²) in [7, 11) is 0. The van der Waals surface area contributed by atoms with Crippen molar-refractivity contribution in [1.29, 1.82) is 0 Å². The number of rotatable bonds is 31. The van der Waals surface area contributed by atoms with Crippen LogP contribution in [0.1, 0.15) is 193 Å². The molecule has 4 nitrogen and oxygen atoms in total. The van der Waals surface area contributed by atoms with Gasteiger partial charge in [0.25, 0.3) is 0 Å². The Morgan fingerprint density at radius 1 is 0.500 bits per heavy atom. The molecule has 4 heteroatoms. The second-order valence-electron chi connectivity index (χ2n) is 22.7. The smallest absolute Gasteiger partial charge is 0.209 e. The van der Waals surface area contributed by atoms with Crippen LogP contribution in [-0.2, 0) is 10.8 Å². The van der Waals surface area contributed by atoms with E-state index in [9.17, 15) is 0 Å². The first-order valence-electron chi connectivity index (χ1n) is 29.3. The Morgan fingerprint density at radius 2 is 1.01 bits per heavy atom. The van der Waals surface area contributed by atoms with Crippen LogP contribution in [0.15, 0.2) is 121 Å². The molecule has 0 aromatic heterocycles. The SMILES string of the molecule is CCCCCCN(CCCCCC)c1ccc(/C=C/C2=[N+](CCCC[NH+]3c4ccc5ccccc5c4C(C)(C)C3/C=C/c3ccc(N(CCCCCC)CCCCCC)cc3)c3ccccc3C2(C)C)cc1. The number of benzene rings is 5. The fraction of sp³-hybridized carbons (Fsp3) is 0.515. The first kappa shape index (κ1) is 54.8. The summed E-state index contributed by atoms with van der Waals surface area (Å²) >= 11 is 0. The molecule has 2 aliphatic rings. The van der Waals surface area contributed by atoms with Crippen molar-refractivity contribution in [1.82, 2.24) is 0 Å². The zero-order valence-electron chi connectivity index (χ0n) is 46.6. The lowest BCUT2D eigenvalue weighted by molar-refractivity contribution is -0.850. The first-order chi connectivity index (χ1) is 35.1. The molecule has 5 aromatic carbocycles. The van der Waals surface area contributed by atoms with Crippen LogP contribution in [0.2, 0.25) is 0 Å². The lowest BCUT2D eigenvalue weighted by atomic mass is 9.78. The Balaban J connectivity index is 1.09. The average molecular weight is 970 g/mol. The molecule has 5 aromatic rings. The Kier molecular flexibility index (Phi) is 20.9. The highest BCUT2D eigenvalue weighted by Gasteiger charge is 2.49. The molecule has 2 unspecified atom stereocenters. The van der Waals surface area contributed by atoms with Crippen molar-refractivity contribution in [3.8, 4) is 0 Å². The van der Waals surface area contributed by atoms with Crippen LogP contribution in [0.25, 0.3) is 22.9 Å².